The zero-order valence-corrected chi connectivity index (χ0v) is 29.2. The minimum Gasteiger partial charge on any atom is -0.496 e. The van der Waals surface area contributed by atoms with Gasteiger partial charge in [0.2, 0.25) is 5.91 Å². The lowest BCUT2D eigenvalue weighted by Gasteiger charge is -2.40. The number of likely N-dealkylation sites (tertiary alicyclic amines) is 1. The van der Waals surface area contributed by atoms with E-state index in [-0.39, 0.29) is 19.1 Å². The predicted molar refractivity (Wildman–Crippen MR) is 196 cm³/mol. The van der Waals surface area contributed by atoms with Crippen molar-refractivity contribution in [3.8, 4) is 11.5 Å². The Morgan fingerprint density at radius 2 is 1.27 bits per heavy atom. The number of pyridine rings is 2. The Kier molecular flexibility index (Phi) is 11.4. The normalized spacial score (nSPS) is 16.2. The van der Waals surface area contributed by atoms with Gasteiger partial charge in [0.1, 0.15) is 11.5 Å². The first-order valence-electron chi connectivity index (χ1n) is 17.4. The van der Waals surface area contributed by atoms with Crippen molar-refractivity contribution in [1.82, 2.24) is 14.9 Å². The van der Waals surface area contributed by atoms with Crippen molar-refractivity contribution in [3.05, 3.63) is 156 Å². The number of hydrogen-bond donors (Lipinski definition) is 2. The number of para-hydroxylation sites is 2. The molecule has 9 nitrogen and oxygen atoms in total. The highest BCUT2D eigenvalue weighted by molar-refractivity contribution is 5.87. The number of benzene rings is 3. The summed E-state index contributed by atoms with van der Waals surface area (Å²) in [5.74, 6) is 1.05. The highest BCUT2D eigenvalue weighted by Gasteiger charge is 2.47. The summed E-state index contributed by atoms with van der Waals surface area (Å²) in [6, 6.07) is 36.5. The standard InChI is InChI=1S/C42H46N4O5/c1-49-38-20-8-6-18-36(38)42(31-14-4-3-5-15-31,37-19-7-9-21-39(37)50-2)51-30-34-28-35(47)29-46(34)40(48)41(43,24-22-32-16-10-12-26-44-32)25-23-33-17-11-13-27-45-33/h3-21,26-27,34-35,47H,22-25,28-30,43H2,1-2H3. The molecule has 1 fully saturated rings. The molecular weight excluding hydrogens is 640 g/mol. The van der Waals surface area contributed by atoms with Crippen LogP contribution in [0.5, 0.6) is 11.5 Å². The first-order valence-corrected chi connectivity index (χ1v) is 17.4. The van der Waals surface area contributed by atoms with Crippen LogP contribution in [0.3, 0.4) is 0 Å². The molecule has 1 aliphatic heterocycles. The number of carbonyl (C=O) groups is 1. The van der Waals surface area contributed by atoms with Gasteiger partial charge in [-0.2, -0.15) is 0 Å². The second-order valence-electron chi connectivity index (χ2n) is 13.1. The van der Waals surface area contributed by atoms with Crippen LogP contribution in [0.1, 0.15) is 47.3 Å². The van der Waals surface area contributed by atoms with E-state index >= 15 is 0 Å². The van der Waals surface area contributed by atoms with Gasteiger partial charge in [-0.1, -0.05) is 78.9 Å². The monoisotopic (exact) mass is 686 g/mol. The Morgan fingerprint density at radius 3 is 1.78 bits per heavy atom. The van der Waals surface area contributed by atoms with E-state index in [0.29, 0.717) is 43.6 Å². The summed E-state index contributed by atoms with van der Waals surface area (Å²) in [4.78, 5) is 25.4. The predicted octanol–water partition coefficient (Wildman–Crippen LogP) is 5.73. The number of nitrogens with two attached hydrogens (primary N) is 1. The summed E-state index contributed by atoms with van der Waals surface area (Å²) in [6.45, 7) is 0.255. The van der Waals surface area contributed by atoms with E-state index < -0.39 is 23.3 Å². The molecule has 6 rings (SSSR count). The molecule has 0 bridgehead atoms. The van der Waals surface area contributed by atoms with Gasteiger partial charge < -0.3 is 30.0 Å². The first kappa shape index (κ1) is 35.7. The molecule has 3 N–H and O–H groups in total. The number of aliphatic hydroxyl groups is 1. The molecule has 1 amide bonds. The van der Waals surface area contributed by atoms with Gasteiger partial charge in [0.05, 0.1) is 38.5 Å². The van der Waals surface area contributed by atoms with Crippen LogP contribution < -0.4 is 15.2 Å². The number of rotatable bonds is 15. The molecule has 0 saturated carbocycles. The number of aryl methyl sites for hydroxylation is 2. The molecule has 2 unspecified atom stereocenters. The quantitative estimate of drug-likeness (QED) is 0.134. The number of amides is 1. The molecule has 0 radical (unpaired) electrons. The van der Waals surface area contributed by atoms with Gasteiger partial charge in [0.25, 0.3) is 0 Å². The molecule has 2 atom stereocenters. The van der Waals surface area contributed by atoms with Crippen LogP contribution in [0.25, 0.3) is 0 Å². The van der Waals surface area contributed by atoms with Crippen molar-refractivity contribution < 1.29 is 24.1 Å². The fourth-order valence-electron chi connectivity index (χ4n) is 7.18. The minimum atomic E-state index is -1.24. The zero-order chi connectivity index (χ0) is 35.7. The highest BCUT2D eigenvalue weighted by atomic mass is 16.5. The minimum absolute atomic E-state index is 0.102. The lowest BCUT2D eigenvalue weighted by molar-refractivity contribution is -0.140. The number of methoxy groups -OCH3 is 2. The van der Waals surface area contributed by atoms with E-state index in [9.17, 15) is 9.90 Å². The number of carbonyl (C=O) groups excluding carboxylic acids is 1. The van der Waals surface area contributed by atoms with Crippen molar-refractivity contribution in [3.63, 3.8) is 0 Å². The molecule has 3 aromatic carbocycles. The van der Waals surface area contributed by atoms with Crippen LogP contribution in [-0.4, -0.2) is 70.9 Å². The van der Waals surface area contributed by atoms with Crippen molar-refractivity contribution in [2.24, 2.45) is 5.73 Å². The highest BCUT2D eigenvalue weighted by Crippen LogP contribution is 2.48. The molecule has 1 aliphatic rings. The Hall–Kier alpha value is -5.09. The smallest absolute Gasteiger partial charge is 0.243 e. The second-order valence-corrected chi connectivity index (χ2v) is 13.1. The Morgan fingerprint density at radius 1 is 0.765 bits per heavy atom. The fourth-order valence-corrected chi connectivity index (χ4v) is 7.18. The number of aromatic nitrogens is 2. The van der Waals surface area contributed by atoms with E-state index in [2.05, 4.69) is 9.97 Å². The number of hydrogen-bond acceptors (Lipinski definition) is 8. The molecular formula is C42H46N4O5. The van der Waals surface area contributed by atoms with Crippen LogP contribution in [0.15, 0.2) is 128 Å². The summed E-state index contributed by atoms with van der Waals surface area (Å²) < 4.78 is 19.1. The average Bonchev–Trinajstić information content (AvgIpc) is 3.57. The number of β-amino-alcohol motifs (C(OH)–C–C–N with tert-alkyl or cyclic N) is 1. The molecule has 0 spiro atoms. The van der Waals surface area contributed by atoms with E-state index in [1.807, 2.05) is 115 Å². The van der Waals surface area contributed by atoms with Gasteiger partial charge in [0.15, 0.2) is 5.60 Å². The van der Waals surface area contributed by atoms with E-state index in [4.69, 9.17) is 19.9 Å². The van der Waals surface area contributed by atoms with Gasteiger partial charge in [-0.05, 0) is 74.1 Å². The van der Waals surface area contributed by atoms with Crippen LogP contribution in [0.4, 0.5) is 0 Å². The third-order valence-electron chi connectivity index (χ3n) is 9.83. The third kappa shape index (κ3) is 7.81. The lowest BCUT2D eigenvalue weighted by atomic mass is 9.79. The summed E-state index contributed by atoms with van der Waals surface area (Å²) in [7, 11) is 3.28. The Bertz CT molecular complexity index is 1770. The largest absolute Gasteiger partial charge is 0.496 e. The molecule has 5 aromatic rings. The average molecular weight is 687 g/mol. The van der Waals surface area contributed by atoms with Gasteiger partial charge >= 0.3 is 0 Å². The fraction of sp³-hybridized carbons (Fsp3) is 0.310. The number of aliphatic hydroxyl groups excluding tert-OH is 1. The van der Waals surface area contributed by atoms with Gasteiger partial charge in [-0.15, -0.1) is 0 Å². The maximum absolute atomic E-state index is 14.8. The van der Waals surface area contributed by atoms with Crippen molar-refractivity contribution in [2.45, 2.75) is 55.4 Å². The SMILES string of the molecule is COc1ccccc1C(OCC1CC(O)CN1C(=O)C(N)(CCc1ccccn1)CCc1ccccn1)(c1ccccc1)c1ccccc1OC. The van der Waals surface area contributed by atoms with Crippen LogP contribution in [0, 0.1) is 0 Å². The van der Waals surface area contributed by atoms with Crippen LogP contribution in [0.2, 0.25) is 0 Å². The molecule has 2 aromatic heterocycles. The van der Waals surface area contributed by atoms with Crippen LogP contribution in [-0.2, 0) is 28.0 Å². The Balaban J connectivity index is 1.37. The molecule has 51 heavy (non-hydrogen) atoms. The summed E-state index contributed by atoms with van der Waals surface area (Å²) >= 11 is 0. The first-order chi connectivity index (χ1) is 24.9. The van der Waals surface area contributed by atoms with E-state index in [1.54, 1.807) is 31.5 Å². The molecule has 9 heteroatoms. The van der Waals surface area contributed by atoms with Crippen molar-refractivity contribution in [1.29, 1.82) is 0 Å². The van der Waals surface area contributed by atoms with E-state index in [0.717, 1.165) is 28.1 Å². The van der Waals surface area contributed by atoms with Gasteiger partial charge in [-0.25, -0.2) is 0 Å². The zero-order valence-electron chi connectivity index (χ0n) is 29.2. The molecule has 3 heterocycles. The maximum Gasteiger partial charge on any atom is 0.243 e. The number of nitrogens with zero attached hydrogens (tertiary/aromatic N) is 3. The molecule has 0 aliphatic carbocycles. The van der Waals surface area contributed by atoms with E-state index in [1.165, 1.54) is 0 Å². The topological polar surface area (TPSA) is 120 Å². The number of ether oxygens (including phenoxy) is 3. The molecule has 1 saturated heterocycles. The van der Waals surface area contributed by atoms with Crippen molar-refractivity contribution in [2.75, 3.05) is 27.4 Å². The van der Waals surface area contributed by atoms with Gasteiger partial charge in [-0.3, -0.25) is 14.8 Å². The summed E-state index contributed by atoms with van der Waals surface area (Å²) in [5.41, 5.74) is 8.84. The maximum atomic E-state index is 14.8. The molecule has 264 valence electrons. The van der Waals surface area contributed by atoms with Crippen molar-refractivity contribution >= 4 is 5.91 Å². The van der Waals surface area contributed by atoms with Gasteiger partial charge in [0, 0.05) is 41.5 Å². The summed E-state index contributed by atoms with van der Waals surface area (Å²) in [6.07, 6.45) is 4.92. The summed E-state index contributed by atoms with van der Waals surface area (Å²) in [5, 5.41) is 11.1. The third-order valence-corrected chi connectivity index (χ3v) is 9.83. The Labute approximate surface area is 300 Å². The lowest BCUT2D eigenvalue weighted by Crippen LogP contribution is -2.58. The second kappa shape index (κ2) is 16.3. The van der Waals surface area contributed by atoms with Crippen LogP contribution >= 0.6 is 0 Å².